The van der Waals surface area contributed by atoms with Crippen molar-refractivity contribution in [1.82, 2.24) is 19.9 Å². The molecule has 1 saturated heterocycles. The minimum absolute atomic E-state index is 0. The van der Waals surface area contributed by atoms with Crippen molar-refractivity contribution in [3.63, 3.8) is 0 Å². The Morgan fingerprint density at radius 3 is 2.81 bits per heavy atom. The van der Waals surface area contributed by atoms with E-state index in [0.29, 0.717) is 11.0 Å². The molecule has 7 nitrogen and oxygen atoms in total. The number of methoxy groups -OCH3 is 1. The van der Waals surface area contributed by atoms with Crippen LogP contribution in [0.3, 0.4) is 0 Å². The number of rotatable bonds is 5. The van der Waals surface area contributed by atoms with Crippen LogP contribution in [0.4, 0.5) is 5.82 Å². The predicted octanol–water partition coefficient (Wildman–Crippen LogP) is 2.50. The Bertz CT molecular complexity index is 953. The molecule has 1 aliphatic rings. The molecule has 3 aromatic rings. The second-order valence-corrected chi connectivity index (χ2v) is 7.66. The zero-order valence-electron chi connectivity index (χ0n) is 17.4. The molecule has 1 atom stereocenters. The number of aromatic amines is 1. The minimum atomic E-state index is -1.34. The van der Waals surface area contributed by atoms with Gasteiger partial charge >= 0.3 is 37.7 Å². The van der Waals surface area contributed by atoms with Gasteiger partial charge in [-0.25, -0.2) is 15.0 Å². The van der Waals surface area contributed by atoms with Gasteiger partial charge in [-0.3, -0.25) is 4.21 Å². The molecule has 0 bridgehead atoms. The molecule has 27 heavy (non-hydrogen) atoms. The average Bonchev–Trinajstić information content (AvgIpc) is 3.12. The summed E-state index contributed by atoms with van der Waals surface area (Å²) in [6.45, 7) is 2.04. The Hall–Kier alpha value is -1.22. The van der Waals surface area contributed by atoms with E-state index in [0.717, 1.165) is 35.7 Å². The fourth-order valence-electron chi connectivity index (χ4n) is 3.14. The van der Waals surface area contributed by atoms with Gasteiger partial charge in [-0.2, -0.15) is 0 Å². The smallest absolute Gasteiger partial charge is 1.00 e. The number of anilines is 1. The number of benzene rings is 1. The van der Waals surface area contributed by atoms with Crippen LogP contribution in [0.15, 0.2) is 35.6 Å². The van der Waals surface area contributed by atoms with Gasteiger partial charge in [0.1, 0.15) is 17.4 Å². The molecule has 9 heteroatoms. The molecule has 3 heterocycles. The number of hydrogen-bond acceptors (Lipinski definition) is 6. The third-order valence-corrected chi connectivity index (χ3v) is 5.66. The number of nitrogens with zero attached hydrogens (tertiary/aromatic N) is 4. The van der Waals surface area contributed by atoms with E-state index in [4.69, 9.17) is 4.74 Å². The fourth-order valence-corrected chi connectivity index (χ4v) is 4.08. The first-order valence-corrected chi connectivity index (χ1v) is 10.0. The SMILES string of the molecule is COc1ccc2nc(S(=O)Cc3nccc(N4CCCCC4)n3)[nH]c2c1.[Ca+2].[H-].[H-]. The summed E-state index contributed by atoms with van der Waals surface area (Å²) in [4.78, 5) is 18.7. The number of hydrogen-bond donors (Lipinski definition) is 1. The van der Waals surface area contributed by atoms with Crippen LogP contribution in [-0.2, 0) is 16.6 Å². The predicted molar refractivity (Wildman–Crippen MR) is 109 cm³/mol. The molecule has 0 amide bonds. The van der Waals surface area contributed by atoms with Crippen LogP contribution in [0.2, 0.25) is 0 Å². The van der Waals surface area contributed by atoms with E-state index in [1.807, 2.05) is 24.3 Å². The van der Waals surface area contributed by atoms with Crippen molar-refractivity contribution in [2.45, 2.75) is 30.2 Å². The van der Waals surface area contributed by atoms with E-state index < -0.39 is 10.8 Å². The molecular weight excluding hydrogens is 390 g/mol. The van der Waals surface area contributed by atoms with Crippen molar-refractivity contribution in [2.24, 2.45) is 0 Å². The van der Waals surface area contributed by atoms with Crippen molar-refractivity contribution in [3.05, 3.63) is 36.3 Å². The molecule has 0 aliphatic carbocycles. The molecule has 1 aliphatic heterocycles. The fraction of sp³-hybridized carbons (Fsp3) is 0.389. The van der Waals surface area contributed by atoms with E-state index in [1.165, 1.54) is 19.3 Å². The minimum Gasteiger partial charge on any atom is -1.00 e. The Morgan fingerprint density at radius 2 is 2.04 bits per heavy atom. The Kier molecular flexibility index (Phi) is 7.08. The van der Waals surface area contributed by atoms with Crippen LogP contribution in [-0.4, -0.2) is 82.1 Å². The summed E-state index contributed by atoms with van der Waals surface area (Å²) in [5, 5.41) is 0.431. The summed E-state index contributed by atoms with van der Waals surface area (Å²) in [5.74, 6) is 2.46. The van der Waals surface area contributed by atoms with Gasteiger partial charge in [0.2, 0.25) is 0 Å². The van der Waals surface area contributed by atoms with E-state index in [2.05, 4.69) is 24.8 Å². The van der Waals surface area contributed by atoms with Gasteiger partial charge < -0.3 is 17.5 Å². The number of aromatic nitrogens is 4. The van der Waals surface area contributed by atoms with E-state index in [1.54, 1.807) is 13.3 Å². The quantitative estimate of drug-likeness (QED) is 0.647. The first kappa shape index (κ1) is 20.5. The van der Waals surface area contributed by atoms with Gasteiger partial charge in [0.05, 0.1) is 34.7 Å². The summed E-state index contributed by atoms with van der Waals surface area (Å²) in [6, 6.07) is 7.45. The van der Waals surface area contributed by atoms with E-state index >= 15 is 0 Å². The van der Waals surface area contributed by atoms with Crippen molar-refractivity contribution < 1.29 is 11.8 Å². The van der Waals surface area contributed by atoms with Gasteiger partial charge in [-0.05, 0) is 37.5 Å². The summed E-state index contributed by atoms with van der Waals surface area (Å²) in [7, 11) is 0.275. The molecular formula is C18H23CaN5O2S. The van der Waals surface area contributed by atoms with Gasteiger partial charge in [-0.15, -0.1) is 0 Å². The molecule has 0 spiro atoms. The normalized spacial score (nSPS) is 15.4. The zero-order chi connectivity index (χ0) is 17.9. The molecule has 2 aromatic heterocycles. The molecule has 140 valence electrons. The monoisotopic (exact) mass is 413 g/mol. The van der Waals surface area contributed by atoms with Crippen LogP contribution in [0.25, 0.3) is 11.0 Å². The number of fused-ring (bicyclic) bond motifs is 1. The van der Waals surface area contributed by atoms with Crippen LogP contribution in [0, 0.1) is 0 Å². The molecule has 1 unspecified atom stereocenters. The molecule has 0 radical (unpaired) electrons. The van der Waals surface area contributed by atoms with Crippen LogP contribution in [0.5, 0.6) is 5.75 Å². The second kappa shape index (κ2) is 9.32. The summed E-state index contributed by atoms with van der Waals surface area (Å²) < 4.78 is 17.9. The van der Waals surface area contributed by atoms with Crippen molar-refractivity contribution in [1.29, 1.82) is 0 Å². The second-order valence-electron chi connectivity index (χ2n) is 6.29. The third-order valence-electron chi connectivity index (χ3n) is 4.51. The standard InChI is InChI=1S/C18H21N5O2S.Ca.2H/c1-25-13-5-6-14-15(11-13)21-18(20-14)26(24)12-16-19-8-7-17(22-16)23-9-3-2-4-10-23;;;/h5-8,11H,2-4,9-10,12H2,1H3,(H,20,21);;;/q;+2;2*-1. The number of H-pyrrole nitrogens is 1. The Labute approximate surface area is 193 Å². The van der Waals surface area contributed by atoms with Crippen LogP contribution >= 0.6 is 0 Å². The largest absolute Gasteiger partial charge is 2.00 e. The van der Waals surface area contributed by atoms with Gasteiger partial charge in [0.15, 0.2) is 5.16 Å². The number of imidazole rings is 1. The molecule has 1 aromatic carbocycles. The van der Waals surface area contributed by atoms with E-state index in [9.17, 15) is 4.21 Å². The molecule has 4 rings (SSSR count). The molecule has 1 fully saturated rings. The summed E-state index contributed by atoms with van der Waals surface area (Å²) in [5.41, 5.74) is 1.56. The molecule has 0 saturated carbocycles. The summed E-state index contributed by atoms with van der Waals surface area (Å²) >= 11 is 0. The van der Waals surface area contributed by atoms with Gasteiger partial charge in [-0.1, -0.05) is 0 Å². The average molecular weight is 414 g/mol. The Balaban J connectivity index is 0.00000140. The van der Waals surface area contributed by atoms with Crippen molar-refractivity contribution >= 4 is 65.4 Å². The first-order valence-electron chi connectivity index (χ1n) is 8.72. The topological polar surface area (TPSA) is 84.0 Å². The van der Waals surface area contributed by atoms with E-state index in [-0.39, 0.29) is 46.3 Å². The number of nitrogens with one attached hydrogen (secondary N) is 1. The van der Waals surface area contributed by atoms with Crippen molar-refractivity contribution in [3.8, 4) is 5.75 Å². The van der Waals surface area contributed by atoms with Gasteiger partial charge in [0, 0.05) is 25.4 Å². The van der Waals surface area contributed by atoms with Crippen molar-refractivity contribution in [2.75, 3.05) is 25.1 Å². The summed E-state index contributed by atoms with van der Waals surface area (Å²) in [6.07, 6.45) is 5.39. The molecule has 1 N–H and O–H groups in total. The van der Waals surface area contributed by atoms with Crippen LogP contribution < -0.4 is 9.64 Å². The number of ether oxygens (including phenoxy) is 1. The third kappa shape index (κ3) is 4.80. The van der Waals surface area contributed by atoms with Gasteiger partial charge in [0.25, 0.3) is 0 Å². The maximum absolute atomic E-state index is 12.7. The number of piperidine rings is 1. The van der Waals surface area contributed by atoms with Crippen LogP contribution in [0.1, 0.15) is 27.9 Å². The maximum Gasteiger partial charge on any atom is 2.00 e. The Morgan fingerprint density at radius 1 is 1.22 bits per heavy atom. The maximum atomic E-state index is 12.7. The zero-order valence-corrected chi connectivity index (χ0v) is 18.4. The first-order chi connectivity index (χ1) is 12.7.